The smallest absolute Gasteiger partial charge is 0.306 e. The maximum Gasteiger partial charge on any atom is 0.306 e. The Morgan fingerprint density at radius 2 is 1.93 bits per heavy atom. The van der Waals surface area contributed by atoms with Crippen LogP contribution in [0.4, 0.5) is 0 Å². The van der Waals surface area contributed by atoms with Crippen LogP contribution in [0.3, 0.4) is 0 Å². The average molecular weight is 557 g/mol. The van der Waals surface area contributed by atoms with Crippen LogP contribution in [0, 0.1) is 6.92 Å². The average Bonchev–Trinajstić information content (AvgIpc) is 3.58. The van der Waals surface area contributed by atoms with E-state index in [1.54, 1.807) is 23.8 Å². The number of hydrogen-bond acceptors (Lipinski definition) is 9. The van der Waals surface area contributed by atoms with Crippen molar-refractivity contribution in [3.8, 4) is 17.2 Å². The number of ether oxygens (including phenoxy) is 2. The molecule has 10 heteroatoms. The second-order valence-electron chi connectivity index (χ2n) is 10.5. The molecule has 0 saturated heterocycles. The molecule has 6 rings (SSSR count). The minimum Gasteiger partial charge on any atom is -0.507 e. The lowest BCUT2D eigenvalue weighted by atomic mass is 9.83. The maximum absolute atomic E-state index is 13.9. The molecule has 2 aliphatic rings. The number of nitrogens with zero attached hydrogens (tertiary/aromatic N) is 2. The Balaban J connectivity index is 1.63. The summed E-state index contributed by atoms with van der Waals surface area (Å²) in [6.45, 7) is 3.43. The number of methoxy groups -OCH3 is 1. The molecule has 2 atom stereocenters. The lowest BCUT2D eigenvalue weighted by molar-refractivity contribution is -0.140. The molecule has 2 aromatic carbocycles. The third kappa shape index (κ3) is 4.05. The molecule has 2 aliphatic heterocycles. The normalized spacial score (nSPS) is 16.1. The number of esters is 1. The van der Waals surface area contributed by atoms with Gasteiger partial charge in [0.1, 0.15) is 23.4 Å². The second kappa shape index (κ2) is 9.74. The standard InChI is InChI=1S/C31H28N2O8/c1-14-27(36)24-18(12-32-14)13-41-30(24)22-10-19(15(2)34)28(37)25(29(22)38)20(11-23(35)40-3)21-9-17-6-4-5-16-7-8-33(26(16)17)31(21)39/h4-6,9-10,12,20,30,36-38H,7-8,11,13H2,1-3H3/t20-,30-/m1/s1. The molecule has 2 aromatic heterocycles. The van der Waals surface area contributed by atoms with E-state index in [9.17, 15) is 29.7 Å². The van der Waals surface area contributed by atoms with E-state index in [0.717, 1.165) is 16.5 Å². The van der Waals surface area contributed by atoms with Crippen LogP contribution in [0.1, 0.15) is 74.8 Å². The van der Waals surface area contributed by atoms with E-state index < -0.39 is 41.7 Å². The zero-order valence-corrected chi connectivity index (χ0v) is 22.7. The lowest BCUT2D eigenvalue weighted by Crippen LogP contribution is -2.26. The van der Waals surface area contributed by atoms with Gasteiger partial charge in [-0.3, -0.25) is 19.4 Å². The van der Waals surface area contributed by atoms with E-state index in [-0.39, 0.29) is 40.2 Å². The van der Waals surface area contributed by atoms with E-state index >= 15 is 0 Å². The van der Waals surface area contributed by atoms with Gasteiger partial charge in [0.05, 0.1) is 36.9 Å². The largest absolute Gasteiger partial charge is 0.507 e. The summed E-state index contributed by atoms with van der Waals surface area (Å²) in [5.74, 6) is -3.47. The summed E-state index contributed by atoms with van der Waals surface area (Å²) in [6, 6.07) is 8.69. The van der Waals surface area contributed by atoms with Crippen molar-refractivity contribution in [1.82, 2.24) is 9.55 Å². The van der Waals surface area contributed by atoms with Crippen molar-refractivity contribution < 1.29 is 34.4 Å². The summed E-state index contributed by atoms with van der Waals surface area (Å²) in [5.41, 5.74) is 2.78. The van der Waals surface area contributed by atoms with E-state index in [1.807, 2.05) is 18.2 Å². The van der Waals surface area contributed by atoms with E-state index in [1.165, 1.54) is 20.1 Å². The number of aromatic hydroxyl groups is 3. The molecular formula is C31H28N2O8. The van der Waals surface area contributed by atoms with Crippen LogP contribution < -0.4 is 5.56 Å². The first-order valence-corrected chi connectivity index (χ1v) is 13.2. The summed E-state index contributed by atoms with van der Waals surface area (Å²) in [4.78, 5) is 43.5. The number of carbonyl (C=O) groups excluding carboxylic acids is 2. The van der Waals surface area contributed by atoms with Crippen LogP contribution in [0.15, 0.2) is 41.3 Å². The van der Waals surface area contributed by atoms with Crippen LogP contribution in [-0.2, 0) is 33.8 Å². The predicted molar refractivity (Wildman–Crippen MR) is 147 cm³/mol. The topological polar surface area (TPSA) is 148 Å². The maximum atomic E-state index is 13.9. The SMILES string of the molecule is COC(=O)C[C@@H](c1c(O)c(C(C)=O)cc([C@H]2OCc3cnc(C)c(O)c32)c1O)c1cc2cccc3c2n(c1=O)CC3. The number of phenolic OH excluding ortho intramolecular Hbond substituents is 2. The van der Waals surface area contributed by atoms with Gasteiger partial charge in [0, 0.05) is 46.5 Å². The number of aryl methyl sites for hydroxylation is 3. The number of benzene rings is 2. The first-order chi connectivity index (χ1) is 19.6. The number of aromatic nitrogens is 2. The van der Waals surface area contributed by atoms with Crippen LogP contribution >= 0.6 is 0 Å². The quantitative estimate of drug-likeness (QED) is 0.238. The summed E-state index contributed by atoms with van der Waals surface area (Å²) in [5, 5.41) is 34.8. The molecule has 10 nitrogen and oxygen atoms in total. The number of fused-ring (bicyclic) bond motifs is 1. The minimum absolute atomic E-state index is 0.0925. The Kier molecular flexibility index (Phi) is 6.30. The predicted octanol–water partition coefficient (Wildman–Crippen LogP) is 3.90. The molecule has 4 heterocycles. The van der Waals surface area contributed by atoms with Crippen molar-refractivity contribution >= 4 is 22.7 Å². The van der Waals surface area contributed by atoms with Gasteiger partial charge in [0.2, 0.25) is 0 Å². The fourth-order valence-corrected chi connectivity index (χ4v) is 6.12. The molecule has 0 unspecified atom stereocenters. The van der Waals surface area contributed by atoms with Crippen molar-refractivity contribution in [2.24, 2.45) is 0 Å². The van der Waals surface area contributed by atoms with Crippen molar-refractivity contribution in [1.29, 1.82) is 0 Å². The Morgan fingerprint density at radius 1 is 1.15 bits per heavy atom. The lowest BCUT2D eigenvalue weighted by Gasteiger charge is -2.25. The molecule has 210 valence electrons. The van der Waals surface area contributed by atoms with Gasteiger partial charge in [-0.15, -0.1) is 0 Å². The molecule has 0 radical (unpaired) electrons. The molecule has 41 heavy (non-hydrogen) atoms. The Morgan fingerprint density at radius 3 is 2.66 bits per heavy atom. The number of rotatable bonds is 6. The first kappa shape index (κ1) is 26.5. The fraction of sp³-hybridized carbons (Fsp3) is 0.290. The van der Waals surface area contributed by atoms with Gasteiger partial charge in [0.25, 0.3) is 5.56 Å². The van der Waals surface area contributed by atoms with E-state index in [0.29, 0.717) is 29.8 Å². The van der Waals surface area contributed by atoms with E-state index in [4.69, 9.17) is 9.47 Å². The highest BCUT2D eigenvalue weighted by Gasteiger charge is 2.37. The number of Topliss-reactive ketones (excluding diaryl/α,β-unsaturated/α-hetero) is 1. The number of phenols is 2. The molecule has 0 fully saturated rings. The third-order valence-electron chi connectivity index (χ3n) is 8.18. The Hall–Kier alpha value is -4.70. The highest BCUT2D eigenvalue weighted by Crippen LogP contribution is 2.50. The third-order valence-corrected chi connectivity index (χ3v) is 8.18. The minimum atomic E-state index is -1.17. The number of ketones is 1. The van der Waals surface area contributed by atoms with Gasteiger partial charge in [-0.2, -0.15) is 0 Å². The van der Waals surface area contributed by atoms with Gasteiger partial charge >= 0.3 is 5.97 Å². The van der Waals surface area contributed by atoms with Gasteiger partial charge < -0.3 is 29.4 Å². The van der Waals surface area contributed by atoms with Crippen LogP contribution in [0.2, 0.25) is 0 Å². The number of carbonyl (C=O) groups is 2. The molecular weight excluding hydrogens is 528 g/mol. The van der Waals surface area contributed by atoms with Gasteiger partial charge in [-0.25, -0.2) is 0 Å². The van der Waals surface area contributed by atoms with Crippen LogP contribution in [0.5, 0.6) is 17.2 Å². The summed E-state index contributed by atoms with van der Waals surface area (Å²) in [7, 11) is 1.21. The molecule has 3 N–H and O–H groups in total. The molecule has 0 saturated carbocycles. The van der Waals surface area contributed by atoms with Gasteiger partial charge in [-0.05, 0) is 43.4 Å². The highest BCUT2D eigenvalue weighted by molar-refractivity contribution is 5.98. The zero-order valence-electron chi connectivity index (χ0n) is 22.7. The van der Waals surface area contributed by atoms with Crippen LogP contribution in [0.25, 0.3) is 10.9 Å². The number of pyridine rings is 2. The molecule has 0 amide bonds. The fourth-order valence-electron chi connectivity index (χ4n) is 6.12. The Bertz CT molecular complexity index is 1840. The van der Waals surface area contributed by atoms with Crippen LogP contribution in [-0.4, -0.2) is 43.7 Å². The highest BCUT2D eigenvalue weighted by atomic mass is 16.5. The van der Waals surface area contributed by atoms with Gasteiger partial charge in [0.15, 0.2) is 5.78 Å². The van der Waals surface area contributed by atoms with Crippen molar-refractivity contribution in [2.45, 2.75) is 51.9 Å². The molecule has 0 aliphatic carbocycles. The molecule has 0 spiro atoms. The monoisotopic (exact) mass is 556 g/mol. The number of para-hydroxylation sites is 1. The Labute approximate surface area is 234 Å². The van der Waals surface area contributed by atoms with Gasteiger partial charge in [-0.1, -0.05) is 18.2 Å². The number of hydrogen-bond donors (Lipinski definition) is 3. The van der Waals surface area contributed by atoms with Crippen molar-refractivity contribution in [3.05, 3.63) is 91.5 Å². The van der Waals surface area contributed by atoms with Crippen molar-refractivity contribution in [3.63, 3.8) is 0 Å². The summed E-state index contributed by atoms with van der Waals surface area (Å²) in [6.07, 6.45) is 0.854. The van der Waals surface area contributed by atoms with E-state index in [2.05, 4.69) is 4.98 Å². The molecule has 0 bridgehead atoms. The van der Waals surface area contributed by atoms with Crippen molar-refractivity contribution in [2.75, 3.05) is 7.11 Å². The molecule has 4 aromatic rings. The first-order valence-electron chi connectivity index (χ1n) is 13.2. The second-order valence-corrected chi connectivity index (χ2v) is 10.5. The summed E-state index contributed by atoms with van der Waals surface area (Å²) >= 11 is 0. The zero-order chi connectivity index (χ0) is 29.2. The summed E-state index contributed by atoms with van der Waals surface area (Å²) < 4.78 is 12.5.